The molecule has 132 valence electrons. The van der Waals surface area contributed by atoms with Crippen LogP contribution in [-0.2, 0) is 16.0 Å². The Morgan fingerprint density at radius 1 is 1.33 bits per heavy atom. The van der Waals surface area contributed by atoms with Gasteiger partial charge in [-0.25, -0.2) is 0 Å². The zero-order chi connectivity index (χ0) is 16.9. The monoisotopic (exact) mass is 348 g/mol. The number of morpholine rings is 1. The van der Waals surface area contributed by atoms with Crippen LogP contribution in [0.3, 0.4) is 0 Å². The predicted octanol–water partition coefficient (Wildman–Crippen LogP) is 2.57. The minimum absolute atomic E-state index is 0.0202. The number of ether oxygens (including phenoxy) is 1. The van der Waals surface area contributed by atoms with Crippen molar-refractivity contribution < 1.29 is 9.53 Å². The molecule has 0 aromatic heterocycles. The molecule has 1 N–H and O–H groups in total. The van der Waals surface area contributed by atoms with E-state index in [0.29, 0.717) is 12.0 Å². The summed E-state index contributed by atoms with van der Waals surface area (Å²) in [6.07, 6.45) is 1.96. The first-order chi connectivity index (χ1) is 11.6. The minimum atomic E-state index is 0.0202. The van der Waals surface area contributed by atoms with Crippen LogP contribution in [0.4, 0.5) is 0 Å². The molecule has 2 unspecified atom stereocenters. The van der Waals surface area contributed by atoms with E-state index in [4.69, 9.17) is 4.74 Å². The van der Waals surface area contributed by atoms with Crippen molar-refractivity contribution in [1.82, 2.24) is 10.2 Å². The van der Waals surface area contributed by atoms with Crippen LogP contribution in [0.2, 0.25) is 0 Å². The van der Waals surface area contributed by atoms with Crippen LogP contribution < -0.4 is 5.32 Å². The van der Waals surface area contributed by atoms with Crippen LogP contribution in [0.25, 0.3) is 0 Å². The lowest BCUT2D eigenvalue weighted by molar-refractivity contribution is -0.120. The Balaban J connectivity index is 1.53. The van der Waals surface area contributed by atoms with E-state index in [2.05, 4.69) is 42.3 Å². The molecule has 1 aromatic rings. The standard InChI is InChI=1S/C19H28N2O2S/c1-14(2)11-16(21-7-9-23-10-8-21)13-20-19(22)18-12-15-5-3-4-6-17(15)24-18/h3-6,14,16,18H,7-13H2,1-2H3,(H,20,22). The average Bonchev–Trinajstić information content (AvgIpc) is 3.03. The Morgan fingerprint density at radius 3 is 2.79 bits per heavy atom. The van der Waals surface area contributed by atoms with Gasteiger partial charge in [0.1, 0.15) is 0 Å². The highest BCUT2D eigenvalue weighted by molar-refractivity contribution is 8.01. The first kappa shape index (κ1) is 17.8. The van der Waals surface area contributed by atoms with E-state index in [1.54, 1.807) is 11.8 Å². The molecule has 2 aliphatic heterocycles. The van der Waals surface area contributed by atoms with E-state index in [0.717, 1.165) is 45.7 Å². The average molecular weight is 349 g/mol. The van der Waals surface area contributed by atoms with Crippen LogP contribution in [0.5, 0.6) is 0 Å². The largest absolute Gasteiger partial charge is 0.379 e. The van der Waals surface area contributed by atoms with Gasteiger partial charge >= 0.3 is 0 Å². The summed E-state index contributed by atoms with van der Waals surface area (Å²) in [5, 5.41) is 3.24. The lowest BCUT2D eigenvalue weighted by atomic mass is 10.0. The maximum absolute atomic E-state index is 12.6. The van der Waals surface area contributed by atoms with Crippen LogP contribution in [-0.4, -0.2) is 54.9 Å². The maximum Gasteiger partial charge on any atom is 0.233 e. The van der Waals surface area contributed by atoms with Gasteiger partial charge < -0.3 is 10.1 Å². The highest BCUT2D eigenvalue weighted by Gasteiger charge is 2.29. The van der Waals surface area contributed by atoms with Crippen molar-refractivity contribution in [3.05, 3.63) is 29.8 Å². The van der Waals surface area contributed by atoms with Crippen molar-refractivity contribution in [2.45, 2.75) is 42.9 Å². The molecular weight excluding hydrogens is 320 g/mol. The number of carbonyl (C=O) groups excluding carboxylic acids is 1. The van der Waals surface area contributed by atoms with Crippen molar-refractivity contribution in [1.29, 1.82) is 0 Å². The van der Waals surface area contributed by atoms with E-state index in [9.17, 15) is 4.79 Å². The summed E-state index contributed by atoms with van der Waals surface area (Å²) in [6, 6.07) is 8.75. The van der Waals surface area contributed by atoms with Gasteiger partial charge in [0.2, 0.25) is 5.91 Å². The molecular formula is C19H28N2O2S. The lowest BCUT2D eigenvalue weighted by Gasteiger charge is -2.35. The molecule has 0 saturated carbocycles. The Morgan fingerprint density at radius 2 is 2.08 bits per heavy atom. The number of benzene rings is 1. The second-order valence-electron chi connectivity index (χ2n) is 7.10. The van der Waals surface area contributed by atoms with Gasteiger partial charge in [-0.1, -0.05) is 32.0 Å². The summed E-state index contributed by atoms with van der Waals surface area (Å²) in [6.45, 7) is 8.78. The molecule has 1 saturated heterocycles. The SMILES string of the molecule is CC(C)CC(CNC(=O)C1Cc2ccccc2S1)N1CCOCC1. The summed E-state index contributed by atoms with van der Waals surface area (Å²) in [5.41, 5.74) is 1.30. The normalized spacial score (nSPS) is 22.4. The molecule has 4 nitrogen and oxygen atoms in total. The molecule has 1 aromatic carbocycles. The fourth-order valence-corrected chi connectivity index (χ4v) is 4.73. The van der Waals surface area contributed by atoms with E-state index >= 15 is 0 Å². The van der Waals surface area contributed by atoms with Crippen molar-refractivity contribution in [2.24, 2.45) is 5.92 Å². The van der Waals surface area contributed by atoms with Gasteiger partial charge in [-0.05, 0) is 30.4 Å². The molecule has 0 radical (unpaired) electrons. The highest BCUT2D eigenvalue weighted by atomic mass is 32.2. The summed E-state index contributed by atoms with van der Waals surface area (Å²) in [7, 11) is 0. The van der Waals surface area contributed by atoms with Crippen LogP contribution in [0, 0.1) is 5.92 Å². The molecule has 1 amide bonds. The number of nitrogens with one attached hydrogen (secondary N) is 1. The summed E-state index contributed by atoms with van der Waals surface area (Å²) >= 11 is 1.70. The third-order valence-corrected chi connectivity index (χ3v) is 6.07. The number of hydrogen-bond donors (Lipinski definition) is 1. The van der Waals surface area contributed by atoms with E-state index < -0.39 is 0 Å². The van der Waals surface area contributed by atoms with Gasteiger partial charge in [-0.3, -0.25) is 9.69 Å². The lowest BCUT2D eigenvalue weighted by Crippen LogP contribution is -2.50. The number of hydrogen-bond acceptors (Lipinski definition) is 4. The van der Waals surface area contributed by atoms with Crippen LogP contribution >= 0.6 is 11.8 Å². The maximum atomic E-state index is 12.6. The predicted molar refractivity (Wildman–Crippen MR) is 98.4 cm³/mol. The van der Waals surface area contributed by atoms with Gasteiger partial charge in [0.25, 0.3) is 0 Å². The number of amides is 1. The van der Waals surface area contributed by atoms with Crippen LogP contribution in [0.15, 0.2) is 29.2 Å². The number of nitrogens with zero attached hydrogens (tertiary/aromatic N) is 1. The molecule has 2 aliphatic rings. The Labute approximate surface area is 149 Å². The third-order valence-electron chi connectivity index (χ3n) is 4.76. The van der Waals surface area contributed by atoms with Crippen molar-refractivity contribution >= 4 is 17.7 Å². The second kappa shape index (κ2) is 8.37. The third kappa shape index (κ3) is 4.52. The van der Waals surface area contributed by atoms with Crippen molar-refractivity contribution in [3.8, 4) is 0 Å². The molecule has 2 heterocycles. The van der Waals surface area contributed by atoms with E-state index in [1.165, 1.54) is 10.5 Å². The Bertz CT molecular complexity index is 533. The molecule has 1 fully saturated rings. The van der Waals surface area contributed by atoms with Gasteiger partial charge in [-0.2, -0.15) is 0 Å². The fraction of sp³-hybridized carbons (Fsp3) is 0.632. The van der Waals surface area contributed by atoms with Gasteiger partial charge in [0.05, 0.1) is 18.5 Å². The number of carbonyl (C=O) groups is 1. The van der Waals surface area contributed by atoms with Gasteiger partial charge in [-0.15, -0.1) is 11.8 Å². The number of fused-ring (bicyclic) bond motifs is 1. The zero-order valence-corrected chi connectivity index (χ0v) is 15.5. The fourth-order valence-electron chi connectivity index (χ4n) is 3.51. The van der Waals surface area contributed by atoms with Crippen molar-refractivity contribution in [2.75, 3.05) is 32.8 Å². The van der Waals surface area contributed by atoms with Crippen molar-refractivity contribution in [3.63, 3.8) is 0 Å². The molecule has 5 heteroatoms. The first-order valence-electron chi connectivity index (χ1n) is 8.97. The second-order valence-corrected chi connectivity index (χ2v) is 8.34. The summed E-state index contributed by atoms with van der Waals surface area (Å²) in [5.74, 6) is 0.804. The molecule has 24 heavy (non-hydrogen) atoms. The van der Waals surface area contributed by atoms with E-state index in [1.807, 2.05) is 6.07 Å². The highest BCUT2D eigenvalue weighted by Crippen LogP contribution is 2.36. The number of thioether (sulfide) groups is 1. The van der Waals surface area contributed by atoms with Gasteiger partial charge in [0.15, 0.2) is 0 Å². The minimum Gasteiger partial charge on any atom is -0.379 e. The molecule has 0 spiro atoms. The molecule has 3 rings (SSSR count). The Hall–Kier alpha value is -1.04. The quantitative estimate of drug-likeness (QED) is 0.858. The zero-order valence-electron chi connectivity index (χ0n) is 14.7. The Kier molecular flexibility index (Phi) is 6.19. The summed E-state index contributed by atoms with van der Waals surface area (Å²) in [4.78, 5) is 16.3. The molecule has 2 atom stereocenters. The van der Waals surface area contributed by atoms with Gasteiger partial charge in [0, 0.05) is 30.6 Å². The first-order valence-corrected chi connectivity index (χ1v) is 9.85. The molecule has 0 aliphatic carbocycles. The smallest absolute Gasteiger partial charge is 0.233 e. The molecule has 0 bridgehead atoms. The number of rotatable bonds is 6. The topological polar surface area (TPSA) is 41.6 Å². The van der Waals surface area contributed by atoms with Crippen LogP contribution in [0.1, 0.15) is 25.8 Å². The van der Waals surface area contributed by atoms with E-state index in [-0.39, 0.29) is 11.2 Å². The summed E-state index contributed by atoms with van der Waals surface area (Å²) < 4.78 is 5.47.